The number of fused-ring (bicyclic) bond motifs is 1. The quantitative estimate of drug-likeness (QED) is 0.417. The van der Waals surface area contributed by atoms with Crippen LogP contribution in [0.4, 0.5) is 14.5 Å². The standard InChI is InChI=1S/C22H17F2N5O4S/c1-13(30)3-4-14-12-26-29-8-7-18(27-21(14)29)15-9-19(22(33-2)25-11-15)28-34(31,32)20-6-5-16(23)10-17(20)24/h5-13,28,30H,1-2H3. The lowest BCUT2D eigenvalue weighted by molar-refractivity contribution is 0.253. The van der Waals surface area contributed by atoms with Crippen LogP contribution in [0.1, 0.15) is 12.5 Å². The SMILES string of the molecule is COc1ncc(-c2ccn3ncc(C#CC(C)O)c3n2)cc1NS(=O)(=O)c1ccc(F)cc1F. The van der Waals surface area contributed by atoms with Crippen molar-refractivity contribution in [3.63, 3.8) is 0 Å². The Labute approximate surface area is 193 Å². The second-order valence-electron chi connectivity index (χ2n) is 7.05. The molecular formula is C22H17F2N5O4S. The topological polar surface area (TPSA) is 119 Å². The predicted molar refractivity (Wildman–Crippen MR) is 118 cm³/mol. The molecule has 0 fully saturated rings. The number of methoxy groups -OCH3 is 1. The minimum atomic E-state index is -4.43. The fourth-order valence-corrected chi connectivity index (χ4v) is 4.13. The van der Waals surface area contributed by atoms with Gasteiger partial charge in [0, 0.05) is 24.0 Å². The van der Waals surface area contributed by atoms with Gasteiger partial charge in [-0.1, -0.05) is 11.8 Å². The molecule has 1 aromatic carbocycles. The number of benzene rings is 1. The van der Waals surface area contributed by atoms with Crippen molar-refractivity contribution in [1.82, 2.24) is 19.6 Å². The van der Waals surface area contributed by atoms with Gasteiger partial charge in [0.2, 0.25) is 5.88 Å². The van der Waals surface area contributed by atoms with Crippen LogP contribution >= 0.6 is 0 Å². The van der Waals surface area contributed by atoms with Crippen LogP contribution < -0.4 is 9.46 Å². The summed E-state index contributed by atoms with van der Waals surface area (Å²) in [5.41, 5.74) is 1.65. The molecule has 0 amide bonds. The van der Waals surface area contributed by atoms with Gasteiger partial charge in [0.1, 0.15) is 28.3 Å². The van der Waals surface area contributed by atoms with Gasteiger partial charge in [0.15, 0.2) is 5.65 Å². The number of sulfonamides is 1. The van der Waals surface area contributed by atoms with E-state index in [1.165, 1.54) is 37.0 Å². The van der Waals surface area contributed by atoms with Crippen molar-refractivity contribution < 1.29 is 27.0 Å². The molecule has 1 atom stereocenters. The van der Waals surface area contributed by atoms with Crippen LogP contribution in [0.3, 0.4) is 0 Å². The molecule has 12 heteroatoms. The number of rotatable bonds is 5. The lowest BCUT2D eigenvalue weighted by atomic mass is 10.2. The first-order valence-corrected chi connectivity index (χ1v) is 11.2. The molecule has 0 saturated heterocycles. The fraction of sp³-hybridized carbons (Fsp3) is 0.136. The van der Waals surface area contributed by atoms with E-state index in [9.17, 15) is 22.3 Å². The van der Waals surface area contributed by atoms with Gasteiger partial charge in [0.05, 0.1) is 24.6 Å². The molecule has 0 aliphatic carbocycles. The first-order chi connectivity index (χ1) is 16.2. The van der Waals surface area contributed by atoms with E-state index in [4.69, 9.17) is 4.74 Å². The second kappa shape index (κ2) is 9.05. The van der Waals surface area contributed by atoms with E-state index in [0.29, 0.717) is 28.5 Å². The van der Waals surface area contributed by atoms with Crippen molar-refractivity contribution in [3.05, 3.63) is 66.1 Å². The fourth-order valence-electron chi connectivity index (χ4n) is 3.02. The molecule has 4 rings (SSSR count). The van der Waals surface area contributed by atoms with E-state index >= 15 is 0 Å². The summed E-state index contributed by atoms with van der Waals surface area (Å²) in [6.07, 6.45) is 3.73. The molecule has 9 nitrogen and oxygen atoms in total. The summed E-state index contributed by atoms with van der Waals surface area (Å²) >= 11 is 0. The predicted octanol–water partition coefficient (Wildman–Crippen LogP) is 2.61. The van der Waals surface area contributed by atoms with Crippen LogP contribution in [0.15, 0.2) is 53.8 Å². The molecule has 3 heterocycles. The van der Waals surface area contributed by atoms with Crippen molar-refractivity contribution in [2.75, 3.05) is 11.8 Å². The van der Waals surface area contributed by atoms with Gasteiger partial charge in [-0.2, -0.15) is 5.10 Å². The number of anilines is 1. The van der Waals surface area contributed by atoms with E-state index < -0.39 is 32.7 Å². The first-order valence-electron chi connectivity index (χ1n) is 9.74. The molecule has 174 valence electrons. The first kappa shape index (κ1) is 23.1. The maximum Gasteiger partial charge on any atom is 0.264 e. The Morgan fingerprint density at radius 2 is 2.00 bits per heavy atom. The van der Waals surface area contributed by atoms with Crippen LogP contribution in [0, 0.1) is 23.5 Å². The average Bonchev–Trinajstić information content (AvgIpc) is 3.19. The minimum Gasteiger partial charge on any atom is -0.480 e. The van der Waals surface area contributed by atoms with E-state index in [2.05, 4.69) is 31.6 Å². The summed E-state index contributed by atoms with van der Waals surface area (Å²) < 4.78 is 61.6. The molecule has 0 spiro atoms. The maximum absolute atomic E-state index is 14.1. The maximum atomic E-state index is 14.1. The molecular weight excluding hydrogens is 468 g/mol. The van der Waals surface area contributed by atoms with E-state index in [0.717, 1.165) is 12.1 Å². The molecule has 34 heavy (non-hydrogen) atoms. The number of pyridine rings is 1. The Morgan fingerprint density at radius 1 is 1.21 bits per heavy atom. The molecule has 1 unspecified atom stereocenters. The minimum absolute atomic E-state index is 0.0660. The van der Waals surface area contributed by atoms with Crippen LogP contribution in [-0.4, -0.2) is 46.3 Å². The van der Waals surface area contributed by atoms with Gasteiger partial charge in [-0.25, -0.2) is 31.7 Å². The van der Waals surface area contributed by atoms with Crippen LogP contribution in [0.2, 0.25) is 0 Å². The third kappa shape index (κ3) is 4.66. The highest BCUT2D eigenvalue weighted by molar-refractivity contribution is 7.92. The number of nitrogens with one attached hydrogen (secondary N) is 1. The highest BCUT2D eigenvalue weighted by Crippen LogP contribution is 2.30. The highest BCUT2D eigenvalue weighted by atomic mass is 32.2. The summed E-state index contributed by atoms with van der Waals surface area (Å²) in [6.45, 7) is 1.53. The second-order valence-corrected chi connectivity index (χ2v) is 8.70. The lowest BCUT2D eigenvalue weighted by Crippen LogP contribution is -2.16. The zero-order valence-electron chi connectivity index (χ0n) is 17.8. The van der Waals surface area contributed by atoms with Crippen LogP contribution in [0.5, 0.6) is 5.88 Å². The van der Waals surface area contributed by atoms with E-state index in [1.54, 1.807) is 12.3 Å². The molecule has 2 N–H and O–H groups in total. The van der Waals surface area contributed by atoms with Crippen molar-refractivity contribution in [1.29, 1.82) is 0 Å². The van der Waals surface area contributed by atoms with Gasteiger partial charge in [0.25, 0.3) is 10.0 Å². The molecule has 3 aromatic heterocycles. The number of aliphatic hydroxyl groups is 1. The van der Waals surface area contributed by atoms with Gasteiger partial charge in [-0.3, -0.25) is 4.72 Å². The Hall–Kier alpha value is -4.08. The van der Waals surface area contributed by atoms with Gasteiger partial charge >= 0.3 is 0 Å². The number of hydrogen-bond acceptors (Lipinski definition) is 7. The third-order valence-electron chi connectivity index (χ3n) is 4.55. The Morgan fingerprint density at radius 3 is 2.71 bits per heavy atom. The zero-order valence-corrected chi connectivity index (χ0v) is 18.6. The molecule has 0 radical (unpaired) electrons. The van der Waals surface area contributed by atoms with Crippen molar-refractivity contribution in [3.8, 4) is 29.0 Å². The number of ether oxygens (including phenoxy) is 1. The molecule has 0 bridgehead atoms. The molecule has 0 aliphatic heterocycles. The zero-order chi connectivity index (χ0) is 24.5. The lowest BCUT2D eigenvalue weighted by Gasteiger charge is -2.13. The van der Waals surface area contributed by atoms with E-state index in [-0.39, 0.29) is 11.6 Å². The molecule has 0 saturated carbocycles. The summed E-state index contributed by atoms with van der Waals surface area (Å²) in [6, 6.07) is 5.19. The van der Waals surface area contributed by atoms with Gasteiger partial charge in [-0.15, -0.1) is 0 Å². The van der Waals surface area contributed by atoms with Gasteiger partial charge < -0.3 is 9.84 Å². The van der Waals surface area contributed by atoms with Gasteiger partial charge in [-0.05, 0) is 31.2 Å². The summed E-state index contributed by atoms with van der Waals surface area (Å²) in [5.74, 6) is 3.21. The number of aromatic nitrogens is 4. The highest BCUT2D eigenvalue weighted by Gasteiger charge is 2.22. The number of halogens is 2. The summed E-state index contributed by atoms with van der Waals surface area (Å²) in [5, 5.41) is 13.6. The van der Waals surface area contributed by atoms with Crippen molar-refractivity contribution >= 4 is 21.4 Å². The van der Waals surface area contributed by atoms with Crippen LogP contribution in [-0.2, 0) is 10.0 Å². The molecule has 4 aromatic rings. The summed E-state index contributed by atoms with van der Waals surface area (Å²) in [4.78, 5) is 7.89. The Balaban J connectivity index is 1.75. The smallest absolute Gasteiger partial charge is 0.264 e. The number of aliphatic hydroxyl groups excluding tert-OH is 1. The average molecular weight is 485 g/mol. The van der Waals surface area contributed by atoms with E-state index in [1.807, 2.05) is 0 Å². The Bertz CT molecular complexity index is 1560. The normalized spacial score (nSPS) is 12.1. The Kier molecular flexibility index (Phi) is 6.14. The van der Waals surface area contributed by atoms with Crippen molar-refractivity contribution in [2.45, 2.75) is 17.9 Å². The number of hydrogen-bond donors (Lipinski definition) is 2. The summed E-state index contributed by atoms with van der Waals surface area (Å²) in [7, 11) is -3.13. The largest absolute Gasteiger partial charge is 0.480 e. The third-order valence-corrected chi connectivity index (χ3v) is 5.95. The van der Waals surface area contributed by atoms with Crippen molar-refractivity contribution in [2.24, 2.45) is 0 Å². The molecule has 0 aliphatic rings. The monoisotopic (exact) mass is 485 g/mol. The number of nitrogens with zero attached hydrogens (tertiary/aromatic N) is 4. The van der Waals surface area contributed by atoms with Crippen LogP contribution in [0.25, 0.3) is 16.9 Å².